The van der Waals surface area contributed by atoms with E-state index in [1.54, 1.807) is 11.3 Å². The van der Waals surface area contributed by atoms with E-state index in [4.69, 9.17) is 0 Å². The van der Waals surface area contributed by atoms with Crippen LogP contribution in [0, 0.1) is 11.8 Å². The summed E-state index contributed by atoms with van der Waals surface area (Å²) >= 11 is 1.70. The van der Waals surface area contributed by atoms with E-state index < -0.39 is 0 Å². The molecule has 22 heavy (non-hydrogen) atoms. The Morgan fingerprint density at radius 3 is 2.50 bits per heavy atom. The van der Waals surface area contributed by atoms with Crippen molar-refractivity contribution in [2.24, 2.45) is 11.8 Å². The second-order valence-electron chi connectivity index (χ2n) is 6.57. The molecule has 2 aromatic rings. The molecular weight excluding hydrogens is 290 g/mol. The van der Waals surface area contributed by atoms with Crippen LogP contribution in [-0.4, -0.2) is 5.91 Å². The summed E-state index contributed by atoms with van der Waals surface area (Å²) < 4.78 is 0. The van der Waals surface area contributed by atoms with Crippen molar-refractivity contribution in [2.45, 2.75) is 39.2 Å². The smallest absolute Gasteiger partial charge is 0.223 e. The first-order valence-electron chi connectivity index (χ1n) is 8.06. The Balaban J connectivity index is 1.80. The minimum Gasteiger partial charge on any atom is -0.344 e. The van der Waals surface area contributed by atoms with E-state index in [-0.39, 0.29) is 17.9 Å². The molecule has 116 valence electrons. The second-order valence-corrected chi connectivity index (χ2v) is 7.55. The van der Waals surface area contributed by atoms with Crippen molar-refractivity contribution in [3.05, 3.63) is 57.8 Å². The van der Waals surface area contributed by atoms with E-state index in [1.165, 1.54) is 16.0 Å². The molecule has 0 saturated heterocycles. The topological polar surface area (TPSA) is 29.1 Å². The molecule has 1 heterocycles. The van der Waals surface area contributed by atoms with Gasteiger partial charge in [-0.15, -0.1) is 11.3 Å². The van der Waals surface area contributed by atoms with E-state index in [2.05, 4.69) is 54.9 Å². The molecule has 0 spiro atoms. The zero-order chi connectivity index (χ0) is 15.5. The first-order valence-corrected chi connectivity index (χ1v) is 8.94. The van der Waals surface area contributed by atoms with Gasteiger partial charge in [-0.25, -0.2) is 0 Å². The van der Waals surface area contributed by atoms with E-state index in [0.29, 0.717) is 5.92 Å². The van der Waals surface area contributed by atoms with Crippen LogP contribution in [0.25, 0.3) is 0 Å². The van der Waals surface area contributed by atoms with Gasteiger partial charge in [0.25, 0.3) is 0 Å². The number of nitrogens with one attached hydrogen (secondary N) is 1. The fourth-order valence-electron chi connectivity index (χ4n) is 2.70. The van der Waals surface area contributed by atoms with Gasteiger partial charge in [-0.2, -0.15) is 0 Å². The van der Waals surface area contributed by atoms with Crippen LogP contribution in [0.1, 0.15) is 48.7 Å². The molecule has 2 nitrogen and oxygen atoms in total. The maximum absolute atomic E-state index is 12.2. The zero-order valence-electron chi connectivity index (χ0n) is 13.2. The van der Waals surface area contributed by atoms with Gasteiger partial charge in [-0.3, -0.25) is 4.79 Å². The lowest BCUT2D eigenvalue weighted by molar-refractivity contribution is -0.122. The summed E-state index contributed by atoms with van der Waals surface area (Å²) in [6, 6.07) is 12.8. The predicted molar refractivity (Wildman–Crippen MR) is 92.0 cm³/mol. The van der Waals surface area contributed by atoms with Gasteiger partial charge >= 0.3 is 0 Å². The third-order valence-corrected chi connectivity index (χ3v) is 4.96. The highest BCUT2D eigenvalue weighted by molar-refractivity contribution is 7.10. The summed E-state index contributed by atoms with van der Waals surface area (Å²) in [6.45, 7) is 4.47. The molecule has 3 heteroatoms. The molecule has 1 aromatic heterocycles. The normalized spacial score (nSPS) is 15.8. The van der Waals surface area contributed by atoms with Gasteiger partial charge in [0.1, 0.15) is 0 Å². The average molecular weight is 313 g/mol. The van der Waals surface area contributed by atoms with Gasteiger partial charge in [0.15, 0.2) is 0 Å². The van der Waals surface area contributed by atoms with Gasteiger partial charge in [-0.1, -0.05) is 44.2 Å². The van der Waals surface area contributed by atoms with Gasteiger partial charge in [-0.05, 0) is 47.8 Å². The molecule has 3 rings (SSSR count). The van der Waals surface area contributed by atoms with Crippen molar-refractivity contribution in [1.29, 1.82) is 0 Å². The van der Waals surface area contributed by atoms with Crippen molar-refractivity contribution in [1.82, 2.24) is 5.32 Å². The summed E-state index contributed by atoms with van der Waals surface area (Å²) in [4.78, 5) is 13.4. The van der Waals surface area contributed by atoms with Crippen LogP contribution < -0.4 is 5.32 Å². The molecule has 1 amide bonds. The Kier molecular flexibility index (Phi) is 4.63. The number of hydrogen-bond acceptors (Lipinski definition) is 2. The Morgan fingerprint density at radius 2 is 1.95 bits per heavy atom. The Labute approximate surface area is 136 Å². The van der Waals surface area contributed by atoms with Gasteiger partial charge in [0.05, 0.1) is 6.04 Å². The highest BCUT2D eigenvalue weighted by Gasteiger charge is 2.31. The van der Waals surface area contributed by atoms with E-state index in [1.807, 2.05) is 6.07 Å². The maximum Gasteiger partial charge on any atom is 0.223 e. The van der Waals surface area contributed by atoms with Crippen LogP contribution in [0.15, 0.2) is 41.8 Å². The predicted octanol–water partition coefficient (Wildman–Crippen LogP) is 4.56. The Morgan fingerprint density at radius 1 is 1.23 bits per heavy atom. The van der Waals surface area contributed by atoms with E-state index in [9.17, 15) is 4.79 Å². The first kappa shape index (κ1) is 15.3. The standard InChI is InChI=1S/C19H23NOS/c1-13(2)12-14-5-7-15(8-6-14)18(17-4-3-11-22-17)20-19(21)16-9-10-16/h3-8,11,13,16,18H,9-10,12H2,1-2H3,(H,20,21). The molecule has 1 aromatic carbocycles. The summed E-state index contributed by atoms with van der Waals surface area (Å²) in [6.07, 6.45) is 3.17. The number of hydrogen-bond donors (Lipinski definition) is 1. The van der Waals surface area contributed by atoms with Gasteiger partial charge in [0.2, 0.25) is 5.91 Å². The highest BCUT2D eigenvalue weighted by Crippen LogP contribution is 2.32. The summed E-state index contributed by atoms with van der Waals surface area (Å²) in [7, 11) is 0. The fourth-order valence-corrected chi connectivity index (χ4v) is 3.50. The van der Waals surface area contributed by atoms with Gasteiger partial charge in [0, 0.05) is 10.8 Å². The lowest BCUT2D eigenvalue weighted by atomic mass is 9.98. The van der Waals surface area contributed by atoms with Crippen molar-refractivity contribution < 1.29 is 4.79 Å². The third-order valence-electron chi connectivity index (χ3n) is 4.02. The first-order chi connectivity index (χ1) is 10.6. The molecule has 0 bridgehead atoms. The molecule has 1 aliphatic carbocycles. The largest absolute Gasteiger partial charge is 0.344 e. The van der Waals surface area contributed by atoms with Crippen LogP contribution in [-0.2, 0) is 11.2 Å². The van der Waals surface area contributed by atoms with Crippen molar-refractivity contribution in [3.63, 3.8) is 0 Å². The molecule has 1 unspecified atom stereocenters. The molecule has 1 atom stereocenters. The van der Waals surface area contributed by atoms with Crippen LogP contribution in [0.2, 0.25) is 0 Å². The van der Waals surface area contributed by atoms with Crippen molar-refractivity contribution in [2.75, 3.05) is 0 Å². The highest BCUT2D eigenvalue weighted by atomic mass is 32.1. The summed E-state index contributed by atoms with van der Waals surface area (Å²) in [5.74, 6) is 1.10. The maximum atomic E-state index is 12.2. The molecular formula is C19H23NOS. The minimum absolute atomic E-state index is 0.0128. The average Bonchev–Trinajstić information content (AvgIpc) is 3.21. The van der Waals surface area contributed by atoms with Crippen LogP contribution in [0.5, 0.6) is 0 Å². The number of benzene rings is 1. The number of amides is 1. The molecule has 1 fully saturated rings. The zero-order valence-corrected chi connectivity index (χ0v) is 14.0. The van der Waals surface area contributed by atoms with Gasteiger partial charge < -0.3 is 5.32 Å². The van der Waals surface area contributed by atoms with E-state index in [0.717, 1.165) is 19.3 Å². The monoisotopic (exact) mass is 313 g/mol. The number of carbonyl (C=O) groups excluding carboxylic acids is 1. The molecule has 1 saturated carbocycles. The molecule has 1 N–H and O–H groups in total. The number of rotatable bonds is 6. The molecule has 1 aliphatic rings. The number of carbonyl (C=O) groups is 1. The van der Waals surface area contributed by atoms with Crippen molar-refractivity contribution >= 4 is 17.2 Å². The SMILES string of the molecule is CC(C)Cc1ccc(C(NC(=O)C2CC2)c2cccs2)cc1. The Hall–Kier alpha value is -1.61. The number of thiophene rings is 1. The van der Waals surface area contributed by atoms with Crippen molar-refractivity contribution in [3.8, 4) is 0 Å². The fraction of sp³-hybridized carbons (Fsp3) is 0.421. The Bertz CT molecular complexity index is 611. The second kappa shape index (κ2) is 6.66. The van der Waals surface area contributed by atoms with Crippen LogP contribution in [0.4, 0.5) is 0 Å². The van der Waals surface area contributed by atoms with Crippen LogP contribution in [0.3, 0.4) is 0 Å². The quantitative estimate of drug-likeness (QED) is 0.832. The lowest BCUT2D eigenvalue weighted by Gasteiger charge is -2.18. The minimum atomic E-state index is -0.0128. The third kappa shape index (κ3) is 3.77. The van der Waals surface area contributed by atoms with E-state index >= 15 is 0 Å². The van der Waals surface area contributed by atoms with Crippen LogP contribution >= 0.6 is 11.3 Å². The molecule has 0 aliphatic heterocycles. The molecule has 0 radical (unpaired) electrons. The summed E-state index contributed by atoms with van der Waals surface area (Å²) in [5, 5.41) is 5.30. The lowest BCUT2D eigenvalue weighted by Crippen LogP contribution is -2.29. The summed E-state index contributed by atoms with van der Waals surface area (Å²) in [5.41, 5.74) is 2.53.